The van der Waals surface area contributed by atoms with E-state index in [1.807, 2.05) is 0 Å². The number of nitrogens with zero attached hydrogens (tertiary/aromatic N) is 1. The van der Waals surface area contributed by atoms with Crippen molar-refractivity contribution in [3.63, 3.8) is 0 Å². The van der Waals surface area contributed by atoms with Crippen LogP contribution in [0.15, 0.2) is 30.3 Å². The fraction of sp³-hybridized carbons (Fsp3) is 0.100. The minimum Gasteiger partial charge on any atom is -0.406 e. The molecule has 4 nitrogen and oxygen atoms in total. The SMILES string of the molecule is Nc1cc(-c2ccc(OC(F)(F)F)cc2)[nH]n1. The second kappa shape index (κ2) is 4.00. The maximum Gasteiger partial charge on any atom is 0.573 e. The number of nitrogens with two attached hydrogens (primary N) is 1. The zero-order valence-corrected chi connectivity index (χ0v) is 8.45. The number of nitrogens with one attached hydrogen (secondary N) is 1. The van der Waals surface area contributed by atoms with Crippen LogP contribution in [0.5, 0.6) is 5.75 Å². The number of rotatable bonds is 2. The normalized spacial score (nSPS) is 11.5. The van der Waals surface area contributed by atoms with Crippen LogP contribution in [0.4, 0.5) is 19.0 Å². The molecule has 0 unspecified atom stereocenters. The average Bonchev–Trinajstić information content (AvgIpc) is 2.63. The van der Waals surface area contributed by atoms with Crippen molar-refractivity contribution in [1.82, 2.24) is 10.2 Å². The summed E-state index contributed by atoms with van der Waals surface area (Å²) in [6, 6.07) is 6.99. The number of aromatic nitrogens is 2. The Hall–Kier alpha value is -2.18. The van der Waals surface area contributed by atoms with E-state index in [1.165, 1.54) is 24.3 Å². The number of halogens is 3. The number of alkyl halides is 3. The monoisotopic (exact) mass is 243 g/mol. The molecule has 0 atom stereocenters. The van der Waals surface area contributed by atoms with Crippen LogP contribution < -0.4 is 10.5 Å². The van der Waals surface area contributed by atoms with Crippen LogP contribution in [0.2, 0.25) is 0 Å². The van der Waals surface area contributed by atoms with E-state index < -0.39 is 6.36 Å². The number of H-pyrrole nitrogens is 1. The Morgan fingerprint density at radius 2 is 1.82 bits per heavy atom. The van der Waals surface area contributed by atoms with Crippen molar-refractivity contribution in [2.24, 2.45) is 0 Å². The minimum atomic E-state index is -4.68. The fourth-order valence-electron chi connectivity index (χ4n) is 1.32. The summed E-state index contributed by atoms with van der Waals surface area (Å²) < 4.78 is 39.5. The predicted molar refractivity (Wildman–Crippen MR) is 55.1 cm³/mol. The molecule has 1 heterocycles. The van der Waals surface area contributed by atoms with Crippen LogP contribution >= 0.6 is 0 Å². The van der Waals surface area contributed by atoms with Gasteiger partial charge >= 0.3 is 6.36 Å². The van der Waals surface area contributed by atoms with Crippen molar-refractivity contribution in [3.8, 4) is 17.0 Å². The molecule has 0 fully saturated rings. The molecule has 1 aromatic carbocycles. The topological polar surface area (TPSA) is 63.9 Å². The van der Waals surface area contributed by atoms with E-state index in [0.717, 1.165) is 0 Å². The van der Waals surface area contributed by atoms with E-state index in [4.69, 9.17) is 5.73 Å². The highest BCUT2D eigenvalue weighted by Gasteiger charge is 2.30. The van der Waals surface area contributed by atoms with Gasteiger partial charge in [-0.05, 0) is 29.8 Å². The van der Waals surface area contributed by atoms with Crippen molar-refractivity contribution in [3.05, 3.63) is 30.3 Å². The van der Waals surface area contributed by atoms with Crippen molar-refractivity contribution in [1.29, 1.82) is 0 Å². The molecule has 0 saturated carbocycles. The maximum absolute atomic E-state index is 11.9. The third kappa shape index (κ3) is 2.90. The number of ether oxygens (including phenoxy) is 1. The summed E-state index contributed by atoms with van der Waals surface area (Å²) in [6.45, 7) is 0. The number of nitrogen functional groups attached to an aromatic ring is 1. The lowest BCUT2D eigenvalue weighted by Crippen LogP contribution is -2.16. The van der Waals surface area contributed by atoms with Crippen LogP contribution in [0.1, 0.15) is 0 Å². The molecule has 0 spiro atoms. The lowest BCUT2D eigenvalue weighted by atomic mass is 10.1. The first-order chi connectivity index (χ1) is 7.94. The molecular weight excluding hydrogens is 235 g/mol. The van der Waals surface area contributed by atoms with Crippen LogP contribution in [-0.4, -0.2) is 16.6 Å². The Balaban J connectivity index is 2.19. The molecule has 2 aromatic rings. The molecular formula is C10H8F3N3O. The molecule has 2 rings (SSSR count). The molecule has 0 bridgehead atoms. The van der Waals surface area contributed by atoms with E-state index in [-0.39, 0.29) is 5.75 Å². The van der Waals surface area contributed by atoms with E-state index in [1.54, 1.807) is 6.07 Å². The zero-order valence-electron chi connectivity index (χ0n) is 8.45. The molecule has 17 heavy (non-hydrogen) atoms. The molecule has 0 aliphatic rings. The maximum atomic E-state index is 11.9. The van der Waals surface area contributed by atoms with Crippen LogP contribution in [-0.2, 0) is 0 Å². The summed E-state index contributed by atoms with van der Waals surface area (Å²) >= 11 is 0. The van der Waals surface area contributed by atoms with Crippen molar-refractivity contribution >= 4 is 5.82 Å². The van der Waals surface area contributed by atoms with Crippen LogP contribution in [0.25, 0.3) is 11.3 Å². The molecule has 0 saturated heterocycles. The van der Waals surface area contributed by atoms with Gasteiger partial charge in [-0.2, -0.15) is 5.10 Å². The lowest BCUT2D eigenvalue weighted by molar-refractivity contribution is -0.274. The molecule has 0 aliphatic carbocycles. The van der Waals surface area contributed by atoms with Gasteiger partial charge in [-0.25, -0.2) is 0 Å². The lowest BCUT2D eigenvalue weighted by Gasteiger charge is -2.08. The molecule has 0 amide bonds. The minimum absolute atomic E-state index is 0.270. The number of benzene rings is 1. The molecule has 3 N–H and O–H groups in total. The summed E-state index contributed by atoms with van der Waals surface area (Å²) in [7, 11) is 0. The fourth-order valence-corrected chi connectivity index (χ4v) is 1.32. The third-order valence-electron chi connectivity index (χ3n) is 2.00. The quantitative estimate of drug-likeness (QED) is 0.851. The van der Waals surface area contributed by atoms with Gasteiger partial charge < -0.3 is 10.5 Å². The van der Waals surface area contributed by atoms with Gasteiger partial charge in [-0.15, -0.1) is 13.2 Å². The van der Waals surface area contributed by atoms with Gasteiger partial charge in [0.05, 0.1) is 5.69 Å². The van der Waals surface area contributed by atoms with Gasteiger partial charge in [0.15, 0.2) is 0 Å². The standard InChI is InChI=1S/C10H8F3N3O/c11-10(12,13)17-7-3-1-6(2-4-7)8-5-9(14)16-15-8/h1-5H,(H3,14,15,16). The number of hydrogen-bond donors (Lipinski definition) is 2. The average molecular weight is 243 g/mol. The van der Waals surface area contributed by atoms with Crippen LogP contribution in [0.3, 0.4) is 0 Å². The first-order valence-corrected chi connectivity index (χ1v) is 4.61. The highest BCUT2D eigenvalue weighted by atomic mass is 19.4. The summed E-state index contributed by atoms with van der Waals surface area (Å²) in [5.74, 6) is 0.0457. The second-order valence-electron chi connectivity index (χ2n) is 3.28. The zero-order chi connectivity index (χ0) is 12.5. The second-order valence-corrected chi connectivity index (χ2v) is 3.28. The third-order valence-corrected chi connectivity index (χ3v) is 2.00. The van der Waals surface area contributed by atoms with Gasteiger partial charge in [0.1, 0.15) is 11.6 Å². The van der Waals surface area contributed by atoms with Gasteiger partial charge in [-0.1, -0.05) is 0 Å². The van der Waals surface area contributed by atoms with Gasteiger partial charge in [0.2, 0.25) is 0 Å². The number of aromatic amines is 1. The predicted octanol–water partition coefficient (Wildman–Crippen LogP) is 2.56. The van der Waals surface area contributed by atoms with Crippen molar-refractivity contribution in [2.75, 3.05) is 5.73 Å². The molecule has 0 aliphatic heterocycles. The number of hydrogen-bond acceptors (Lipinski definition) is 3. The Bertz CT molecular complexity index is 504. The van der Waals surface area contributed by atoms with Gasteiger partial charge in [0.25, 0.3) is 0 Å². The smallest absolute Gasteiger partial charge is 0.406 e. The number of anilines is 1. The summed E-state index contributed by atoms with van der Waals surface area (Å²) in [5.41, 5.74) is 6.71. The van der Waals surface area contributed by atoms with E-state index >= 15 is 0 Å². The molecule has 90 valence electrons. The van der Waals surface area contributed by atoms with Crippen molar-refractivity contribution < 1.29 is 17.9 Å². The summed E-state index contributed by atoms with van der Waals surface area (Å²) in [4.78, 5) is 0. The highest BCUT2D eigenvalue weighted by Crippen LogP contribution is 2.26. The first kappa shape index (κ1) is 11.3. The van der Waals surface area contributed by atoms with Crippen LogP contribution in [0, 0.1) is 0 Å². The molecule has 1 aromatic heterocycles. The summed E-state index contributed by atoms with van der Waals surface area (Å²) in [6.07, 6.45) is -4.68. The molecule has 7 heteroatoms. The van der Waals surface area contributed by atoms with Gasteiger partial charge in [0, 0.05) is 6.07 Å². The Morgan fingerprint density at radius 1 is 1.18 bits per heavy atom. The largest absolute Gasteiger partial charge is 0.573 e. The highest BCUT2D eigenvalue weighted by molar-refractivity contribution is 5.62. The Kier molecular flexibility index (Phi) is 2.66. The van der Waals surface area contributed by atoms with Crippen molar-refractivity contribution in [2.45, 2.75) is 6.36 Å². The Labute approximate surface area is 94.2 Å². The Morgan fingerprint density at radius 3 is 2.29 bits per heavy atom. The van der Waals surface area contributed by atoms with Gasteiger partial charge in [-0.3, -0.25) is 5.10 Å². The molecule has 0 radical (unpaired) electrons. The summed E-state index contributed by atoms with van der Waals surface area (Å²) in [5, 5.41) is 6.37. The first-order valence-electron chi connectivity index (χ1n) is 4.61. The van der Waals surface area contributed by atoms with E-state index in [0.29, 0.717) is 17.1 Å². The van der Waals surface area contributed by atoms with E-state index in [9.17, 15) is 13.2 Å². The van der Waals surface area contributed by atoms with E-state index in [2.05, 4.69) is 14.9 Å².